The number of piperidine rings is 1. The van der Waals surface area contributed by atoms with Crippen molar-refractivity contribution in [1.82, 2.24) is 15.2 Å². The number of carbonyl (C=O) groups excluding carboxylic acids is 2. The Bertz CT molecular complexity index is 772. The first-order valence-electron chi connectivity index (χ1n) is 8.99. The first-order chi connectivity index (χ1) is 13.0. The van der Waals surface area contributed by atoms with Gasteiger partial charge in [0.15, 0.2) is 6.10 Å². The van der Waals surface area contributed by atoms with Crippen LogP contribution in [0.1, 0.15) is 30.3 Å². The van der Waals surface area contributed by atoms with E-state index in [4.69, 9.17) is 4.74 Å². The van der Waals surface area contributed by atoms with Gasteiger partial charge in [-0.1, -0.05) is 6.07 Å². The summed E-state index contributed by atoms with van der Waals surface area (Å²) in [6.07, 6.45) is 2.34. The van der Waals surface area contributed by atoms with E-state index in [0.717, 1.165) is 0 Å². The first-order valence-corrected chi connectivity index (χ1v) is 8.99. The first kappa shape index (κ1) is 18.7. The van der Waals surface area contributed by atoms with Crippen molar-refractivity contribution >= 4 is 11.8 Å². The van der Waals surface area contributed by atoms with E-state index in [0.29, 0.717) is 37.4 Å². The fraction of sp³-hybridized carbons (Fsp3) is 0.350. The van der Waals surface area contributed by atoms with Crippen molar-refractivity contribution < 1.29 is 19.4 Å². The highest BCUT2D eigenvalue weighted by molar-refractivity contribution is 5.92. The van der Waals surface area contributed by atoms with Crippen molar-refractivity contribution in [2.75, 3.05) is 13.1 Å². The van der Waals surface area contributed by atoms with Crippen molar-refractivity contribution in [3.05, 3.63) is 54.4 Å². The molecule has 1 aromatic heterocycles. The standard InChI is InChI=1S/C20H23N3O4/c1-14(27-17-7-5-16(24)6-8-17)19(25)22-15-9-12-23(13-10-15)20(26)18-4-2-3-11-21-18/h2-8,11,14-15,24H,9-10,12-13H2,1H3,(H,22,25). The summed E-state index contributed by atoms with van der Waals surface area (Å²) >= 11 is 0. The Morgan fingerprint density at radius 3 is 2.52 bits per heavy atom. The van der Waals surface area contributed by atoms with Crippen molar-refractivity contribution in [3.63, 3.8) is 0 Å². The monoisotopic (exact) mass is 369 g/mol. The maximum Gasteiger partial charge on any atom is 0.272 e. The molecule has 1 saturated heterocycles. The summed E-state index contributed by atoms with van der Waals surface area (Å²) in [5.74, 6) is 0.389. The van der Waals surface area contributed by atoms with Gasteiger partial charge in [-0.3, -0.25) is 14.6 Å². The second-order valence-corrected chi connectivity index (χ2v) is 6.54. The fourth-order valence-corrected chi connectivity index (χ4v) is 2.98. The molecule has 7 nitrogen and oxygen atoms in total. The number of aromatic hydroxyl groups is 1. The van der Waals surface area contributed by atoms with Crippen molar-refractivity contribution in [2.45, 2.75) is 31.9 Å². The molecular formula is C20H23N3O4. The maximum absolute atomic E-state index is 12.4. The van der Waals surface area contributed by atoms with Crippen LogP contribution in [0.25, 0.3) is 0 Å². The van der Waals surface area contributed by atoms with E-state index in [2.05, 4.69) is 10.3 Å². The van der Waals surface area contributed by atoms with Crippen LogP contribution in [0.15, 0.2) is 48.7 Å². The maximum atomic E-state index is 12.4. The number of hydrogen-bond acceptors (Lipinski definition) is 5. The van der Waals surface area contributed by atoms with Gasteiger partial charge in [0.1, 0.15) is 17.2 Å². The van der Waals surface area contributed by atoms with E-state index >= 15 is 0 Å². The zero-order valence-electron chi connectivity index (χ0n) is 15.2. The van der Waals surface area contributed by atoms with Crippen molar-refractivity contribution in [1.29, 1.82) is 0 Å². The van der Waals surface area contributed by atoms with Crippen molar-refractivity contribution in [2.24, 2.45) is 0 Å². The molecule has 2 aromatic rings. The molecule has 2 amide bonds. The summed E-state index contributed by atoms with van der Waals surface area (Å²) in [5.41, 5.74) is 0.441. The van der Waals surface area contributed by atoms with Crippen LogP contribution < -0.4 is 10.1 Å². The third-order valence-electron chi connectivity index (χ3n) is 4.53. The largest absolute Gasteiger partial charge is 0.508 e. The van der Waals surface area contributed by atoms with E-state index in [1.807, 2.05) is 0 Å². The molecule has 7 heteroatoms. The molecule has 1 aliphatic heterocycles. The summed E-state index contributed by atoms with van der Waals surface area (Å²) in [7, 11) is 0. The van der Waals surface area contributed by atoms with E-state index < -0.39 is 6.10 Å². The number of pyridine rings is 1. The molecule has 1 unspecified atom stereocenters. The number of likely N-dealkylation sites (tertiary alicyclic amines) is 1. The molecule has 0 aliphatic carbocycles. The quantitative estimate of drug-likeness (QED) is 0.841. The molecule has 27 heavy (non-hydrogen) atoms. The molecule has 1 fully saturated rings. The highest BCUT2D eigenvalue weighted by Gasteiger charge is 2.26. The Morgan fingerprint density at radius 1 is 1.19 bits per heavy atom. The normalized spacial score (nSPS) is 15.8. The number of phenols is 1. The van der Waals surface area contributed by atoms with Gasteiger partial charge in [-0.25, -0.2) is 0 Å². The number of carbonyl (C=O) groups is 2. The van der Waals surface area contributed by atoms with E-state index in [9.17, 15) is 14.7 Å². The van der Waals surface area contributed by atoms with Gasteiger partial charge < -0.3 is 20.1 Å². The van der Waals surface area contributed by atoms with Crippen LogP contribution in [0.3, 0.4) is 0 Å². The lowest BCUT2D eigenvalue weighted by Crippen LogP contribution is -2.49. The summed E-state index contributed by atoms with van der Waals surface area (Å²) < 4.78 is 5.59. The van der Waals surface area contributed by atoms with Gasteiger partial charge in [0.05, 0.1) is 0 Å². The Kier molecular flexibility index (Phi) is 5.90. The lowest BCUT2D eigenvalue weighted by Gasteiger charge is -2.32. The summed E-state index contributed by atoms with van der Waals surface area (Å²) in [6, 6.07) is 11.5. The predicted octanol–water partition coefficient (Wildman–Crippen LogP) is 1.98. The highest BCUT2D eigenvalue weighted by atomic mass is 16.5. The molecule has 142 valence electrons. The lowest BCUT2D eigenvalue weighted by molar-refractivity contribution is -0.128. The van der Waals surface area contributed by atoms with Gasteiger partial charge in [-0.15, -0.1) is 0 Å². The fourth-order valence-electron chi connectivity index (χ4n) is 2.98. The number of nitrogens with zero attached hydrogens (tertiary/aromatic N) is 2. The number of phenolic OH excluding ortho intramolecular Hbond substituents is 1. The highest BCUT2D eigenvalue weighted by Crippen LogP contribution is 2.18. The number of aromatic nitrogens is 1. The Labute approximate surface area is 158 Å². The second-order valence-electron chi connectivity index (χ2n) is 6.54. The smallest absolute Gasteiger partial charge is 0.272 e. The zero-order valence-corrected chi connectivity index (χ0v) is 15.2. The topological polar surface area (TPSA) is 91.8 Å². The summed E-state index contributed by atoms with van der Waals surface area (Å²) in [4.78, 5) is 30.6. The van der Waals surface area contributed by atoms with E-state index in [-0.39, 0.29) is 23.6 Å². The van der Waals surface area contributed by atoms with Gasteiger partial charge >= 0.3 is 0 Å². The average Bonchev–Trinajstić information content (AvgIpc) is 2.70. The molecule has 0 spiro atoms. The second kappa shape index (κ2) is 8.53. The minimum absolute atomic E-state index is 0.0103. The molecule has 0 radical (unpaired) electrons. The van der Waals surface area contributed by atoms with Gasteiger partial charge in [-0.05, 0) is 56.2 Å². The van der Waals surface area contributed by atoms with E-state index in [1.165, 1.54) is 12.1 Å². The van der Waals surface area contributed by atoms with Crippen molar-refractivity contribution in [3.8, 4) is 11.5 Å². The molecule has 1 aliphatic rings. The van der Waals surface area contributed by atoms with Crippen LogP contribution in [-0.2, 0) is 4.79 Å². The Balaban J connectivity index is 1.46. The van der Waals surface area contributed by atoms with Gasteiger partial charge in [0.2, 0.25) is 0 Å². The number of benzene rings is 1. The minimum atomic E-state index is -0.650. The summed E-state index contributed by atoms with van der Waals surface area (Å²) in [6.45, 7) is 2.84. The van der Waals surface area contributed by atoms with Gasteiger partial charge in [-0.2, -0.15) is 0 Å². The predicted molar refractivity (Wildman–Crippen MR) is 99.5 cm³/mol. The van der Waals surface area contributed by atoms with Crippen LogP contribution in [0.5, 0.6) is 11.5 Å². The SMILES string of the molecule is CC(Oc1ccc(O)cc1)C(=O)NC1CCN(C(=O)c2ccccn2)CC1. The minimum Gasteiger partial charge on any atom is -0.508 e. The molecule has 0 saturated carbocycles. The molecule has 2 heterocycles. The van der Waals surface area contributed by atoms with Crippen LogP contribution in [0.4, 0.5) is 0 Å². The van der Waals surface area contributed by atoms with Crippen LogP contribution in [0.2, 0.25) is 0 Å². The number of ether oxygens (including phenoxy) is 1. The third-order valence-corrected chi connectivity index (χ3v) is 4.53. The Hall–Kier alpha value is -3.09. The zero-order chi connectivity index (χ0) is 19.2. The average molecular weight is 369 g/mol. The van der Waals surface area contributed by atoms with E-state index in [1.54, 1.807) is 48.4 Å². The Morgan fingerprint density at radius 2 is 1.89 bits per heavy atom. The van der Waals surface area contributed by atoms with Crippen LogP contribution in [-0.4, -0.2) is 52.0 Å². The van der Waals surface area contributed by atoms with Crippen LogP contribution in [0, 0.1) is 0 Å². The number of rotatable bonds is 5. The molecule has 0 bridgehead atoms. The molecule has 3 rings (SSSR count). The number of hydrogen-bond donors (Lipinski definition) is 2. The van der Waals surface area contributed by atoms with Crippen LogP contribution >= 0.6 is 0 Å². The summed E-state index contributed by atoms with van der Waals surface area (Å²) in [5, 5.41) is 12.3. The third kappa shape index (κ3) is 4.97. The number of amides is 2. The number of nitrogens with one attached hydrogen (secondary N) is 1. The molecular weight excluding hydrogens is 346 g/mol. The molecule has 2 N–H and O–H groups in total. The van der Waals surface area contributed by atoms with Gasteiger partial charge in [0.25, 0.3) is 11.8 Å². The molecule has 1 aromatic carbocycles. The van der Waals surface area contributed by atoms with Gasteiger partial charge in [0, 0.05) is 25.3 Å². The molecule has 1 atom stereocenters. The lowest BCUT2D eigenvalue weighted by atomic mass is 10.0.